The Labute approximate surface area is 179 Å². The minimum absolute atomic E-state index is 0.0736. The standard InChI is InChI=1S/C22H18BrN3O2S/c23-14-6-8-15(9-7-14)25-21(27)18-13-17-19(24)4-1-5-20(17)26(22(18)28)11-10-16-3-2-12-29-16/h1-9,12-13H,10-11,24H2,(H,25,27). The maximum absolute atomic E-state index is 13.2. The highest BCUT2D eigenvalue weighted by molar-refractivity contribution is 9.10. The van der Waals surface area contributed by atoms with Gasteiger partial charge in [-0.1, -0.05) is 28.1 Å². The van der Waals surface area contributed by atoms with E-state index in [9.17, 15) is 9.59 Å². The van der Waals surface area contributed by atoms with Crippen LogP contribution in [0.25, 0.3) is 10.9 Å². The van der Waals surface area contributed by atoms with E-state index in [2.05, 4.69) is 21.2 Å². The number of anilines is 2. The first-order valence-electron chi connectivity index (χ1n) is 9.04. The van der Waals surface area contributed by atoms with Gasteiger partial charge in [0, 0.05) is 32.7 Å². The Kier molecular flexibility index (Phi) is 5.51. The zero-order valence-electron chi connectivity index (χ0n) is 15.4. The predicted molar refractivity (Wildman–Crippen MR) is 123 cm³/mol. The number of rotatable bonds is 5. The van der Waals surface area contributed by atoms with E-state index < -0.39 is 5.91 Å². The lowest BCUT2D eigenvalue weighted by Crippen LogP contribution is -2.30. The van der Waals surface area contributed by atoms with E-state index in [1.165, 1.54) is 4.88 Å². The minimum Gasteiger partial charge on any atom is -0.398 e. The number of aryl methyl sites for hydroxylation is 2. The zero-order chi connectivity index (χ0) is 20.4. The molecule has 0 aliphatic rings. The van der Waals surface area contributed by atoms with Gasteiger partial charge in [-0.25, -0.2) is 0 Å². The smallest absolute Gasteiger partial charge is 0.263 e. The number of benzene rings is 2. The first-order valence-corrected chi connectivity index (χ1v) is 10.7. The van der Waals surface area contributed by atoms with E-state index in [0.29, 0.717) is 29.7 Å². The van der Waals surface area contributed by atoms with Crippen LogP contribution in [0.5, 0.6) is 0 Å². The van der Waals surface area contributed by atoms with Crippen LogP contribution >= 0.6 is 27.3 Å². The first-order chi connectivity index (χ1) is 14.0. The Balaban J connectivity index is 1.76. The van der Waals surface area contributed by atoms with Crippen LogP contribution < -0.4 is 16.6 Å². The highest BCUT2D eigenvalue weighted by Crippen LogP contribution is 2.22. The van der Waals surface area contributed by atoms with E-state index in [0.717, 1.165) is 9.99 Å². The number of fused-ring (bicyclic) bond motifs is 1. The molecular weight excluding hydrogens is 450 g/mol. The molecular formula is C22H18BrN3O2S. The molecule has 2 heterocycles. The average Bonchev–Trinajstić information content (AvgIpc) is 3.22. The van der Waals surface area contributed by atoms with Crippen molar-refractivity contribution in [1.82, 2.24) is 4.57 Å². The van der Waals surface area contributed by atoms with Crippen LogP contribution in [0.4, 0.5) is 11.4 Å². The van der Waals surface area contributed by atoms with Crippen LogP contribution in [0.3, 0.4) is 0 Å². The number of aromatic nitrogens is 1. The molecule has 146 valence electrons. The fourth-order valence-electron chi connectivity index (χ4n) is 3.22. The number of thiophene rings is 1. The molecule has 3 N–H and O–H groups in total. The third-order valence-electron chi connectivity index (χ3n) is 4.68. The second-order valence-electron chi connectivity index (χ2n) is 6.59. The molecule has 4 rings (SSSR count). The number of hydrogen-bond donors (Lipinski definition) is 2. The van der Waals surface area contributed by atoms with Crippen molar-refractivity contribution < 1.29 is 4.79 Å². The number of halogens is 1. The molecule has 2 aromatic heterocycles. The highest BCUT2D eigenvalue weighted by Gasteiger charge is 2.17. The Morgan fingerprint density at radius 2 is 1.90 bits per heavy atom. The Hall–Kier alpha value is -2.90. The molecule has 2 aromatic carbocycles. The number of pyridine rings is 1. The molecule has 0 fully saturated rings. The van der Waals surface area contributed by atoms with E-state index >= 15 is 0 Å². The van der Waals surface area contributed by atoms with Gasteiger partial charge in [0.25, 0.3) is 11.5 Å². The summed E-state index contributed by atoms with van der Waals surface area (Å²) in [7, 11) is 0. The number of nitrogens with two attached hydrogens (primary N) is 1. The number of hydrogen-bond acceptors (Lipinski definition) is 4. The van der Waals surface area contributed by atoms with Crippen LogP contribution in [0, 0.1) is 0 Å². The molecule has 0 bridgehead atoms. The Bertz CT molecular complexity index is 1230. The summed E-state index contributed by atoms with van der Waals surface area (Å²) < 4.78 is 2.55. The molecule has 0 spiro atoms. The minimum atomic E-state index is -0.452. The summed E-state index contributed by atoms with van der Waals surface area (Å²) >= 11 is 5.01. The molecule has 0 aliphatic carbocycles. The van der Waals surface area contributed by atoms with Crippen LogP contribution in [0.1, 0.15) is 15.2 Å². The summed E-state index contributed by atoms with van der Waals surface area (Å²) in [5, 5.41) is 5.50. The molecule has 4 aromatic rings. The average molecular weight is 468 g/mol. The largest absolute Gasteiger partial charge is 0.398 e. The van der Waals surface area contributed by atoms with Gasteiger partial charge in [0.15, 0.2) is 0 Å². The summed E-state index contributed by atoms with van der Waals surface area (Å²) in [6.07, 6.45) is 0.708. The fourth-order valence-corrected chi connectivity index (χ4v) is 4.18. The van der Waals surface area contributed by atoms with Crippen LogP contribution in [0.2, 0.25) is 0 Å². The van der Waals surface area contributed by atoms with Gasteiger partial charge in [-0.15, -0.1) is 11.3 Å². The summed E-state index contributed by atoms with van der Waals surface area (Å²) in [5.41, 5.74) is 7.78. The van der Waals surface area contributed by atoms with Crippen molar-refractivity contribution in [3.05, 3.63) is 91.3 Å². The summed E-state index contributed by atoms with van der Waals surface area (Å²) in [4.78, 5) is 27.3. The lowest BCUT2D eigenvalue weighted by Gasteiger charge is -2.14. The SMILES string of the molecule is Nc1cccc2c1cc(C(=O)Nc1ccc(Br)cc1)c(=O)n2CCc1cccs1. The van der Waals surface area contributed by atoms with Crippen molar-refractivity contribution in [3.8, 4) is 0 Å². The second kappa shape index (κ2) is 8.23. The van der Waals surface area contributed by atoms with Crippen molar-refractivity contribution >= 4 is 55.5 Å². The molecule has 0 atom stereocenters. The van der Waals surface area contributed by atoms with Crippen LogP contribution in [-0.4, -0.2) is 10.5 Å². The monoisotopic (exact) mass is 467 g/mol. The lowest BCUT2D eigenvalue weighted by molar-refractivity contribution is 0.102. The number of nitrogens with one attached hydrogen (secondary N) is 1. The van der Waals surface area contributed by atoms with Crippen molar-refractivity contribution in [2.75, 3.05) is 11.1 Å². The quantitative estimate of drug-likeness (QED) is 0.409. The maximum atomic E-state index is 13.2. The fraction of sp³-hybridized carbons (Fsp3) is 0.0909. The highest BCUT2D eigenvalue weighted by atomic mass is 79.9. The Morgan fingerprint density at radius 1 is 1.10 bits per heavy atom. The predicted octanol–water partition coefficient (Wildman–Crippen LogP) is 4.90. The molecule has 0 unspecified atom stereocenters. The summed E-state index contributed by atoms with van der Waals surface area (Å²) in [5.74, 6) is -0.452. The molecule has 0 radical (unpaired) electrons. The molecule has 5 nitrogen and oxygen atoms in total. The number of nitrogens with zero attached hydrogens (tertiary/aromatic N) is 1. The van der Waals surface area contributed by atoms with E-state index in [1.807, 2.05) is 41.8 Å². The van der Waals surface area contributed by atoms with Crippen molar-refractivity contribution in [1.29, 1.82) is 0 Å². The number of carbonyl (C=O) groups is 1. The summed E-state index contributed by atoms with van der Waals surface area (Å²) in [6.45, 7) is 0.471. The number of amides is 1. The molecule has 0 saturated carbocycles. The van der Waals surface area contributed by atoms with Crippen molar-refractivity contribution in [2.45, 2.75) is 13.0 Å². The molecule has 7 heteroatoms. The molecule has 1 amide bonds. The van der Waals surface area contributed by atoms with Crippen LogP contribution in [0.15, 0.2) is 75.3 Å². The van der Waals surface area contributed by atoms with Crippen molar-refractivity contribution in [3.63, 3.8) is 0 Å². The van der Waals surface area contributed by atoms with Crippen LogP contribution in [-0.2, 0) is 13.0 Å². The maximum Gasteiger partial charge on any atom is 0.263 e. The number of carbonyl (C=O) groups excluding carboxylic acids is 1. The van der Waals surface area contributed by atoms with Gasteiger partial charge in [0.2, 0.25) is 0 Å². The second-order valence-corrected chi connectivity index (χ2v) is 8.53. The molecule has 0 aliphatic heterocycles. The third kappa shape index (κ3) is 4.11. The third-order valence-corrected chi connectivity index (χ3v) is 6.15. The topological polar surface area (TPSA) is 77.1 Å². The van der Waals surface area contributed by atoms with Gasteiger partial charge in [-0.05, 0) is 60.3 Å². The van der Waals surface area contributed by atoms with E-state index in [-0.39, 0.29) is 11.1 Å². The Morgan fingerprint density at radius 3 is 2.62 bits per heavy atom. The van der Waals surface area contributed by atoms with Gasteiger partial charge in [0.1, 0.15) is 5.56 Å². The summed E-state index contributed by atoms with van der Waals surface area (Å²) in [6, 6.07) is 18.3. The van der Waals surface area contributed by atoms with Gasteiger partial charge < -0.3 is 15.6 Å². The van der Waals surface area contributed by atoms with Gasteiger partial charge in [-0.2, -0.15) is 0 Å². The molecule has 0 saturated heterocycles. The first kappa shape index (κ1) is 19.4. The van der Waals surface area contributed by atoms with E-state index in [4.69, 9.17) is 5.73 Å². The van der Waals surface area contributed by atoms with Gasteiger partial charge in [-0.3, -0.25) is 9.59 Å². The zero-order valence-corrected chi connectivity index (χ0v) is 17.8. The molecule has 29 heavy (non-hydrogen) atoms. The van der Waals surface area contributed by atoms with Gasteiger partial charge >= 0.3 is 0 Å². The van der Waals surface area contributed by atoms with E-state index in [1.54, 1.807) is 40.2 Å². The van der Waals surface area contributed by atoms with Gasteiger partial charge in [0.05, 0.1) is 5.52 Å². The lowest BCUT2D eigenvalue weighted by atomic mass is 10.1. The van der Waals surface area contributed by atoms with Crippen molar-refractivity contribution in [2.24, 2.45) is 0 Å². The number of nitrogen functional groups attached to an aromatic ring is 1. The normalized spacial score (nSPS) is 10.9.